The standard InChI is InChI=1S/C18H17ClN4O3S/c19-14-3-1-13(2-4-14)17(24)20-18(27)22-11-9-21(10-12-22)15-5-7-16(8-6-15)23(25)26/h1-8H,9-12H2,(H,20,24,27). The monoisotopic (exact) mass is 404 g/mol. The molecule has 0 bridgehead atoms. The largest absolute Gasteiger partial charge is 0.368 e. The fraction of sp³-hybridized carbons (Fsp3) is 0.222. The minimum absolute atomic E-state index is 0.0727. The van der Waals surface area contributed by atoms with Crippen LogP contribution in [-0.4, -0.2) is 47.0 Å². The summed E-state index contributed by atoms with van der Waals surface area (Å²) in [5, 5.41) is 14.4. The van der Waals surface area contributed by atoms with E-state index in [1.807, 2.05) is 4.90 Å². The van der Waals surface area contributed by atoms with Crippen molar-refractivity contribution in [3.8, 4) is 0 Å². The number of rotatable bonds is 3. The Balaban J connectivity index is 1.53. The molecule has 0 spiro atoms. The SMILES string of the molecule is O=C(NC(=S)N1CCN(c2ccc([N+](=O)[O-])cc2)CC1)c1ccc(Cl)cc1. The molecule has 1 N–H and O–H groups in total. The van der Waals surface area contributed by atoms with Gasteiger partial charge in [0.15, 0.2) is 5.11 Å². The second-order valence-corrected chi connectivity index (χ2v) is 6.84. The molecule has 1 heterocycles. The number of hydrogen-bond donors (Lipinski definition) is 1. The fourth-order valence-corrected chi connectivity index (χ4v) is 3.20. The highest BCUT2D eigenvalue weighted by Gasteiger charge is 2.21. The Kier molecular flexibility index (Phi) is 5.88. The molecule has 1 aliphatic rings. The number of nitrogens with zero attached hydrogens (tertiary/aromatic N) is 3. The molecule has 7 nitrogen and oxygen atoms in total. The molecule has 0 atom stereocenters. The van der Waals surface area contributed by atoms with Gasteiger partial charge in [-0.25, -0.2) is 0 Å². The quantitative estimate of drug-likeness (QED) is 0.481. The zero-order valence-corrected chi connectivity index (χ0v) is 15.9. The molecule has 9 heteroatoms. The van der Waals surface area contributed by atoms with Gasteiger partial charge in [0.2, 0.25) is 0 Å². The van der Waals surface area contributed by atoms with Crippen molar-refractivity contribution in [2.45, 2.75) is 0 Å². The topological polar surface area (TPSA) is 78.7 Å². The number of nitro benzene ring substituents is 1. The number of nitro groups is 1. The van der Waals surface area contributed by atoms with E-state index in [2.05, 4.69) is 10.2 Å². The van der Waals surface area contributed by atoms with Crippen LogP contribution >= 0.6 is 23.8 Å². The zero-order valence-electron chi connectivity index (χ0n) is 14.3. The van der Waals surface area contributed by atoms with Crippen LogP contribution in [0, 0.1) is 10.1 Å². The summed E-state index contributed by atoms with van der Waals surface area (Å²) in [5.41, 5.74) is 1.49. The molecule has 3 rings (SSSR count). The third-order valence-electron chi connectivity index (χ3n) is 4.32. The van der Waals surface area contributed by atoms with Crippen LogP contribution < -0.4 is 10.2 Å². The molecule has 1 saturated heterocycles. The Hall–Kier alpha value is -2.71. The van der Waals surface area contributed by atoms with Crippen LogP contribution in [0.3, 0.4) is 0 Å². The van der Waals surface area contributed by atoms with E-state index in [0.29, 0.717) is 41.9 Å². The maximum atomic E-state index is 12.2. The lowest BCUT2D eigenvalue weighted by Crippen LogP contribution is -2.52. The van der Waals surface area contributed by atoms with Crippen LogP contribution in [0.2, 0.25) is 5.02 Å². The van der Waals surface area contributed by atoms with E-state index in [0.717, 1.165) is 5.69 Å². The summed E-state index contributed by atoms with van der Waals surface area (Å²) in [5.74, 6) is -0.269. The van der Waals surface area contributed by atoms with Crippen LogP contribution in [0.25, 0.3) is 0 Å². The van der Waals surface area contributed by atoms with Gasteiger partial charge in [0, 0.05) is 54.6 Å². The molecule has 2 aromatic rings. The minimum atomic E-state index is -0.413. The Morgan fingerprint density at radius 1 is 1.04 bits per heavy atom. The number of anilines is 1. The average molecular weight is 405 g/mol. The Morgan fingerprint density at radius 3 is 2.19 bits per heavy atom. The van der Waals surface area contributed by atoms with Crippen LogP contribution in [0.1, 0.15) is 10.4 Å². The Morgan fingerprint density at radius 2 is 1.63 bits per heavy atom. The lowest BCUT2D eigenvalue weighted by atomic mass is 10.2. The Bertz CT molecular complexity index is 850. The number of carbonyl (C=O) groups is 1. The highest BCUT2D eigenvalue weighted by molar-refractivity contribution is 7.80. The highest BCUT2D eigenvalue weighted by Crippen LogP contribution is 2.20. The first-order valence-corrected chi connectivity index (χ1v) is 9.08. The molecule has 1 fully saturated rings. The van der Waals surface area contributed by atoms with E-state index in [4.69, 9.17) is 23.8 Å². The van der Waals surface area contributed by atoms with Crippen molar-refractivity contribution in [3.05, 3.63) is 69.2 Å². The van der Waals surface area contributed by atoms with Crippen LogP contribution in [0.15, 0.2) is 48.5 Å². The number of nitrogens with one attached hydrogen (secondary N) is 1. The van der Waals surface area contributed by atoms with E-state index in [9.17, 15) is 14.9 Å². The molecular formula is C18H17ClN4O3S. The van der Waals surface area contributed by atoms with Crippen molar-refractivity contribution in [2.75, 3.05) is 31.1 Å². The van der Waals surface area contributed by atoms with E-state index in [1.165, 1.54) is 12.1 Å². The summed E-state index contributed by atoms with van der Waals surface area (Å²) >= 11 is 11.2. The van der Waals surface area contributed by atoms with Crippen LogP contribution in [0.4, 0.5) is 11.4 Å². The Labute approximate surface area is 166 Å². The number of amides is 1. The predicted molar refractivity (Wildman–Crippen MR) is 108 cm³/mol. The normalized spacial score (nSPS) is 14.0. The van der Waals surface area contributed by atoms with Crippen molar-refractivity contribution >= 4 is 46.2 Å². The first-order valence-electron chi connectivity index (χ1n) is 8.29. The molecule has 1 aliphatic heterocycles. The third kappa shape index (κ3) is 4.72. The lowest BCUT2D eigenvalue weighted by Gasteiger charge is -2.37. The van der Waals surface area contributed by atoms with Crippen molar-refractivity contribution in [1.29, 1.82) is 0 Å². The smallest absolute Gasteiger partial charge is 0.269 e. The van der Waals surface area contributed by atoms with Crippen molar-refractivity contribution in [3.63, 3.8) is 0 Å². The van der Waals surface area contributed by atoms with Crippen molar-refractivity contribution < 1.29 is 9.72 Å². The number of thiocarbonyl (C=S) groups is 1. The van der Waals surface area contributed by atoms with Crippen molar-refractivity contribution in [1.82, 2.24) is 10.2 Å². The molecule has 1 amide bonds. The summed E-state index contributed by atoms with van der Waals surface area (Å²) in [6, 6.07) is 13.1. The molecule has 0 aromatic heterocycles. The van der Waals surface area contributed by atoms with Gasteiger partial charge in [-0.3, -0.25) is 20.2 Å². The maximum absolute atomic E-state index is 12.2. The summed E-state index contributed by atoms with van der Waals surface area (Å²) in [6.07, 6.45) is 0. The predicted octanol–water partition coefficient (Wildman–Crippen LogP) is 3.09. The van der Waals surface area contributed by atoms with Gasteiger partial charge >= 0.3 is 0 Å². The van der Waals surface area contributed by atoms with E-state index >= 15 is 0 Å². The van der Waals surface area contributed by atoms with E-state index < -0.39 is 4.92 Å². The number of carbonyl (C=O) groups excluding carboxylic acids is 1. The van der Waals surface area contributed by atoms with Gasteiger partial charge in [-0.15, -0.1) is 0 Å². The number of piperazine rings is 1. The van der Waals surface area contributed by atoms with Crippen LogP contribution in [0.5, 0.6) is 0 Å². The van der Waals surface area contributed by atoms with E-state index in [-0.39, 0.29) is 11.6 Å². The van der Waals surface area contributed by atoms with Gasteiger partial charge in [-0.2, -0.15) is 0 Å². The van der Waals surface area contributed by atoms with Crippen molar-refractivity contribution in [2.24, 2.45) is 0 Å². The average Bonchev–Trinajstić information content (AvgIpc) is 2.68. The van der Waals surface area contributed by atoms with Gasteiger partial charge in [0.1, 0.15) is 0 Å². The fourth-order valence-electron chi connectivity index (χ4n) is 2.80. The third-order valence-corrected chi connectivity index (χ3v) is 4.93. The molecular weight excluding hydrogens is 388 g/mol. The lowest BCUT2D eigenvalue weighted by molar-refractivity contribution is -0.384. The molecule has 2 aromatic carbocycles. The van der Waals surface area contributed by atoms with E-state index in [1.54, 1.807) is 36.4 Å². The summed E-state index contributed by atoms with van der Waals surface area (Å²) in [4.78, 5) is 26.6. The summed E-state index contributed by atoms with van der Waals surface area (Å²) < 4.78 is 0. The first-order chi connectivity index (χ1) is 12.9. The molecule has 0 radical (unpaired) electrons. The summed E-state index contributed by atoms with van der Waals surface area (Å²) in [6.45, 7) is 2.71. The number of halogens is 1. The summed E-state index contributed by atoms with van der Waals surface area (Å²) in [7, 11) is 0. The highest BCUT2D eigenvalue weighted by atomic mass is 35.5. The molecule has 140 valence electrons. The molecule has 0 aliphatic carbocycles. The number of non-ortho nitro benzene ring substituents is 1. The molecule has 0 saturated carbocycles. The maximum Gasteiger partial charge on any atom is 0.269 e. The zero-order chi connectivity index (χ0) is 19.4. The van der Waals surface area contributed by atoms with Gasteiger partial charge in [0.05, 0.1) is 4.92 Å². The second-order valence-electron chi connectivity index (χ2n) is 6.01. The molecule has 27 heavy (non-hydrogen) atoms. The first kappa shape index (κ1) is 19.1. The number of benzene rings is 2. The van der Waals surface area contributed by atoms with Gasteiger partial charge in [0.25, 0.3) is 11.6 Å². The second kappa shape index (κ2) is 8.32. The minimum Gasteiger partial charge on any atom is -0.368 e. The molecule has 0 unspecified atom stereocenters. The number of hydrogen-bond acceptors (Lipinski definition) is 5. The van der Waals surface area contributed by atoms with Gasteiger partial charge in [-0.05, 0) is 48.6 Å². The van der Waals surface area contributed by atoms with Gasteiger partial charge in [-0.1, -0.05) is 11.6 Å². The van der Waals surface area contributed by atoms with Crippen LogP contribution in [-0.2, 0) is 0 Å². The van der Waals surface area contributed by atoms with Gasteiger partial charge < -0.3 is 9.80 Å².